The third kappa shape index (κ3) is 1.13. The van der Waals surface area contributed by atoms with Crippen molar-refractivity contribution >= 4 is 5.71 Å². The van der Waals surface area contributed by atoms with Gasteiger partial charge in [-0.1, -0.05) is 0 Å². The first kappa shape index (κ1) is 7.65. The van der Waals surface area contributed by atoms with Gasteiger partial charge in [0.2, 0.25) is 0 Å². The molecule has 0 spiro atoms. The van der Waals surface area contributed by atoms with E-state index in [1.54, 1.807) is 0 Å². The molecule has 0 bridgehead atoms. The van der Waals surface area contributed by atoms with Crippen LogP contribution in [0.5, 0.6) is 0 Å². The highest BCUT2D eigenvalue weighted by Gasteiger charge is 2.40. The monoisotopic (exact) mass is 177 g/mol. The van der Waals surface area contributed by atoms with E-state index >= 15 is 0 Å². The van der Waals surface area contributed by atoms with Crippen LogP contribution in [0.4, 0.5) is 0 Å². The van der Waals surface area contributed by atoms with E-state index < -0.39 is 0 Å². The van der Waals surface area contributed by atoms with E-state index in [9.17, 15) is 0 Å². The van der Waals surface area contributed by atoms with Crippen LogP contribution >= 0.6 is 0 Å². The van der Waals surface area contributed by atoms with Crippen molar-refractivity contribution in [1.29, 1.82) is 0 Å². The fraction of sp³-hybridized carbons (Fsp3) is 0.900. The summed E-state index contributed by atoms with van der Waals surface area (Å²) in [4.78, 5) is 4.65. The molecule has 0 radical (unpaired) electrons. The molecule has 0 N–H and O–H groups in total. The zero-order chi connectivity index (χ0) is 8.67. The predicted octanol–water partition coefficient (Wildman–Crippen LogP) is 2.08. The quantitative estimate of drug-likeness (QED) is 0.543. The first-order chi connectivity index (χ1) is 6.45. The van der Waals surface area contributed by atoms with Gasteiger partial charge in [0.15, 0.2) is 0 Å². The van der Waals surface area contributed by atoms with E-state index in [4.69, 9.17) is 0 Å². The van der Waals surface area contributed by atoms with Gasteiger partial charge in [-0.25, -0.2) is 0 Å². The number of fused-ring (bicyclic) bond motifs is 3. The highest BCUT2D eigenvalue weighted by molar-refractivity contribution is 5.88. The Kier molecular flexibility index (Phi) is 1.70. The third-order valence-electron chi connectivity index (χ3n) is 3.65. The molecule has 70 valence electrons. The summed E-state index contributed by atoms with van der Waals surface area (Å²) in [5.41, 5.74) is 1.49. The highest BCUT2D eigenvalue weighted by Crippen LogP contribution is 2.38. The highest BCUT2D eigenvalue weighted by atomic mass is 15.2. The molecule has 3 aliphatic rings. The summed E-state index contributed by atoms with van der Waals surface area (Å²) < 4.78 is 0. The van der Waals surface area contributed by atoms with Gasteiger partial charge in [0, 0.05) is 24.1 Å². The molecule has 0 amide bonds. The SMILES string of the molecule is C1CN=C2CCC3N=NCC3C2C1. The average molecular weight is 177 g/mol. The van der Waals surface area contributed by atoms with Crippen molar-refractivity contribution in [2.45, 2.75) is 31.7 Å². The lowest BCUT2D eigenvalue weighted by Crippen LogP contribution is -2.38. The number of hydrogen-bond acceptors (Lipinski definition) is 3. The molecule has 0 aromatic rings. The Morgan fingerprint density at radius 1 is 1.23 bits per heavy atom. The molecule has 3 heteroatoms. The van der Waals surface area contributed by atoms with E-state index in [0.717, 1.165) is 19.0 Å². The number of azo groups is 1. The Labute approximate surface area is 78.3 Å². The molecule has 2 heterocycles. The van der Waals surface area contributed by atoms with E-state index in [2.05, 4.69) is 15.2 Å². The Bertz CT molecular complexity index is 269. The van der Waals surface area contributed by atoms with Gasteiger partial charge in [0.25, 0.3) is 0 Å². The molecule has 2 aliphatic heterocycles. The molecular weight excluding hydrogens is 162 g/mol. The van der Waals surface area contributed by atoms with Crippen molar-refractivity contribution in [3.05, 3.63) is 0 Å². The minimum absolute atomic E-state index is 0.544. The molecule has 3 unspecified atom stereocenters. The van der Waals surface area contributed by atoms with Crippen LogP contribution in [-0.2, 0) is 0 Å². The van der Waals surface area contributed by atoms with Crippen molar-refractivity contribution < 1.29 is 0 Å². The number of nitrogens with zero attached hydrogens (tertiary/aromatic N) is 3. The molecule has 0 saturated heterocycles. The topological polar surface area (TPSA) is 37.1 Å². The van der Waals surface area contributed by atoms with Crippen LogP contribution in [0.15, 0.2) is 15.2 Å². The maximum atomic E-state index is 4.65. The van der Waals surface area contributed by atoms with E-state index in [0.29, 0.717) is 12.0 Å². The lowest BCUT2D eigenvalue weighted by Gasteiger charge is -2.35. The predicted molar refractivity (Wildman–Crippen MR) is 51.3 cm³/mol. The number of rotatable bonds is 0. The van der Waals surface area contributed by atoms with Crippen molar-refractivity contribution in [3.63, 3.8) is 0 Å². The van der Waals surface area contributed by atoms with Crippen LogP contribution < -0.4 is 0 Å². The summed E-state index contributed by atoms with van der Waals surface area (Å²) in [7, 11) is 0. The summed E-state index contributed by atoms with van der Waals surface area (Å²) in [6.45, 7) is 2.03. The van der Waals surface area contributed by atoms with Crippen LogP contribution in [0.2, 0.25) is 0 Å². The largest absolute Gasteiger partial charge is 0.294 e. The van der Waals surface area contributed by atoms with Gasteiger partial charge in [-0.3, -0.25) is 4.99 Å². The normalized spacial score (nSPS) is 42.5. The summed E-state index contributed by atoms with van der Waals surface area (Å²) in [5, 5.41) is 8.51. The van der Waals surface area contributed by atoms with Gasteiger partial charge in [0.05, 0.1) is 12.6 Å². The second-order valence-electron chi connectivity index (χ2n) is 4.33. The summed E-state index contributed by atoms with van der Waals surface area (Å²) in [5.74, 6) is 1.45. The van der Waals surface area contributed by atoms with Crippen molar-refractivity contribution in [2.24, 2.45) is 27.1 Å². The molecule has 0 aromatic carbocycles. The number of hydrogen-bond donors (Lipinski definition) is 0. The summed E-state index contributed by atoms with van der Waals surface area (Å²) >= 11 is 0. The molecule has 3 rings (SSSR count). The number of aliphatic imine (C=N–C) groups is 1. The van der Waals surface area contributed by atoms with Gasteiger partial charge >= 0.3 is 0 Å². The van der Waals surface area contributed by atoms with Gasteiger partial charge in [0.1, 0.15) is 0 Å². The fourth-order valence-electron chi connectivity index (χ4n) is 2.96. The van der Waals surface area contributed by atoms with Crippen LogP contribution in [0.3, 0.4) is 0 Å². The molecule has 13 heavy (non-hydrogen) atoms. The third-order valence-corrected chi connectivity index (χ3v) is 3.65. The fourth-order valence-corrected chi connectivity index (χ4v) is 2.96. The summed E-state index contributed by atoms with van der Waals surface area (Å²) in [6.07, 6.45) is 5.00. The van der Waals surface area contributed by atoms with Crippen LogP contribution in [-0.4, -0.2) is 24.8 Å². The smallest absolute Gasteiger partial charge is 0.0764 e. The first-order valence-corrected chi connectivity index (χ1v) is 5.35. The Morgan fingerprint density at radius 3 is 3.23 bits per heavy atom. The van der Waals surface area contributed by atoms with Gasteiger partial charge in [-0.2, -0.15) is 10.2 Å². The van der Waals surface area contributed by atoms with Crippen molar-refractivity contribution in [2.75, 3.05) is 13.1 Å². The van der Waals surface area contributed by atoms with Crippen molar-refractivity contribution in [3.8, 4) is 0 Å². The van der Waals surface area contributed by atoms with Crippen LogP contribution in [0, 0.1) is 11.8 Å². The molecule has 1 saturated carbocycles. The van der Waals surface area contributed by atoms with Crippen LogP contribution in [0.25, 0.3) is 0 Å². The Hall–Kier alpha value is -0.730. The standard InChI is InChI=1S/C10H15N3/c1-2-7-8-6-12-13-10(8)4-3-9(7)11-5-1/h7-8,10H,1-6H2. The molecular formula is C10H15N3. The molecule has 1 fully saturated rings. The van der Waals surface area contributed by atoms with Crippen LogP contribution in [0.1, 0.15) is 25.7 Å². The lowest BCUT2D eigenvalue weighted by atomic mass is 9.72. The van der Waals surface area contributed by atoms with E-state index in [1.165, 1.54) is 31.4 Å². The van der Waals surface area contributed by atoms with Gasteiger partial charge < -0.3 is 0 Å². The molecule has 0 aromatic heterocycles. The Balaban J connectivity index is 1.87. The molecule has 3 nitrogen and oxygen atoms in total. The average Bonchev–Trinajstić information content (AvgIpc) is 2.65. The van der Waals surface area contributed by atoms with Gasteiger partial charge in [-0.15, -0.1) is 0 Å². The first-order valence-electron chi connectivity index (χ1n) is 5.35. The second kappa shape index (κ2) is 2.89. The minimum atomic E-state index is 0.544. The Morgan fingerprint density at radius 2 is 2.23 bits per heavy atom. The zero-order valence-corrected chi connectivity index (χ0v) is 7.82. The zero-order valence-electron chi connectivity index (χ0n) is 7.82. The molecule has 1 aliphatic carbocycles. The van der Waals surface area contributed by atoms with Gasteiger partial charge in [-0.05, 0) is 25.7 Å². The summed E-state index contributed by atoms with van der Waals surface area (Å²) in [6, 6.07) is 0.544. The van der Waals surface area contributed by atoms with E-state index in [-0.39, 0.29) is 0 Å². The maximum absolute atomic E-state index is 4.65. The van der Waals surface area contributed by atoms with Crippen molar-refractivity contribution in [1.82, 2.24) is 0 Å². The minimum Gasteiger partial charge on any atom is -0.294 e. The second-order valence-corrected chi connectivity index (χ2v) is 4.33. The maximum Gasteiger partial charge on any atom is 0.0764 e. The lowest BCUT2D eigenvalue weighted by molar-refractivity contribution is 0.320. The molecule has 3 atom stereocenters. The van der Waals surface area contributed by atoms with E-state index in [1.807, 2.05) is 0 Å².